The van der Waals surface area contributed by atoms with Crippen molar-refractivity contribution in [3.63, 3.8) is 0 Å². The maximum atomic E-state index is 13.1. The second-order valence-electron chi connectivity index (χ2n) is 3.98. The largest absolute Gasteiger partial charge is 0.155 e. The molecule has 3 heteroatoms. The normalized spacial score (nSPS) is 12.0. The Morgan fingerprint density at radius 1 is 0.714 bits per heavy atom. The fourth-order valence-electron chi connectivity index (χ4n) is 1.45. The number of quaternary nitrogens is 1. The molecular formula is C11H24F2N+. The highest BCUT2D eigenvalue weighted by Crippen LogP contribution is 2.15. The average Bonchev–Trinajstić information content (AvgIpc) is 2.15. The van der Waals surface area contributed by atoms with E-state index in [4.69, 9.17) is 0 Å². The zero-order chi connectivity index (χ0) is 10.9. The lowest BCUT2D eigenvalue weighted by Gasteiger charge is -2.12. The SMILES string of the molecule is CCCCCCC[N+](F)(F)CCCC. The van der Waals surface area contributed by atoms with E-state index in [0.717, 1.165) is 19.3 Å². The molecule has 0 fully saturated rings. The van der Waals surface area contributed by atoms with Crippen molar-refractivity contribution >= 4 is 0 Å². The Kier molecular flexibility index (Phi) is 8.05. The molecule has 14 heavy (non-hydrogen) atoms. The molecule has 0 aliphatic carbocycles. The number of unbranched alkanes of at least 4 members (excludes halogenated alkanes) is 5. The van der Waals surface area contributed by atoms with Crippen LogP contribution in [0.3, 0.4) is 0 Å². The second kappa shape index (κ2) is 8.16. The summed E-state index contributed by atoms with van der Waals surface area (Å²) in [6.07, 6.45) is 6.54. The molecule has 1 nitrogen and oxygen atoms in total. The summed E-state index contributed by atoms with van der Waals surface area (Å²) in [6.45, 7) is 4.13. The first-order valence-corrected chi connectivity index (χ1v) is 5.88. The van der Waals surface area contributed by atoms with E-state index in [1.807, 2.05) is 6.92 Å². The lowest BCUT2D eigenvalue weighted by molar-refractivity contribution is -1.17. The van der Waals surface area contributed by atoms with Gasteiger partial charge in [0.1, 0.15) is 0 Å². The molecular weight excluding hydrogens is 184 g/mol. The highest BCUT2D eigenvalue weighted by molar-refractivity contribution is 4.41. The minimum Gasteiger partial charge on any atom is -0.0654 e. The van der Waals surface area contributed by atoms with E-state index in [-0.39, 0.29) is 13.1 Å². The maximum Gasteiger partial charge on any atom is 0.155 e. The Labute approximate surface area is 86.6 Å². The maximum absolute atomic E-state index is 13.1. The van der Waals surface area contributed by atoms with E-state index in [1.54, 1.807) is 0 Å². The first-order chi connectivity index (χ1) is 6.62. The van der Waals surface area contributed by atoms with E-state index >= 15 is 0 Å². The first kappa shape index (κ1) is 13.8. The van der Waals surface area contributed by atoms with Crippen LogP contribution in [0.15, 0.2) is 0 Å². The van der Waals surface area contributed by atoms with Crippen molar-refractivity contribution < 1.29 is 13.9 Å². The lowest BCUT2D eigenvalue weighted by atomic mass is 10.1. The number of hydrogen-bond donors (Lipinski definition) is 0. The molecule has 0 bridgehead atoms. The van der Waals surface area contributed by atoms with Gasteiger partial charge in [-0.05, 0) is 6.42 Å². The molecule has 0 aliphatic heterocycles. The Hall–Kier alpha value is -0.180. The van der Waals surface area contributed by atoms with E-state index in [2.05, 4.69) is 6.92 Å². The predicted molar refractivity (Wildman–Crippen MR) is 55.9 cm³/mol. The Morgan fingerprint density at radius 2 is 1.21 bits per heavy atom. The van der Waals surface area contributed by atoms with Crippen molar-refractivity contribution in [2.24, 2.45) is 0 Å². The zero-order valence-corrected chi connectivity index (χ0v) is 9.57. The van der Waals surface area contributed by atoms with Gasteiger partial charge in [0.05, 0.1) is 4.93 Å². The van der Waals surface area contributed by atoms with Gasteiger partial charge >= 0.3 is 0 Å². The smallest absolute Gasteiger partial charge is 0.0654 e. The average molecular weight is 208 g/mol. The van der Waals surface area contributed by atoms with E-state index in [1.165, 1.54) is 12.8 Å². The predicted octanol–water partition coefficient (Wildman–Crippen LogP) is 4.34. The number of rotatable bonds is 9. The summed E-state index contributed by atoms with van der Waals surface area (Å²) in [5, 5.41) is 0. The molecule has 0 radical (unpaired) electrons. The van der Waals surface area contributed by atoms with E-state index in [0.29, 0.717) is 12.8 Å². The van der Waals surface area contributed by atoms with Crippen LogP contribution >= 0.6 is 0 Å². The van der Waals surface area contributed by atoms with E-state index in [9.17, 15) is 8.96 Å². The minimum absolute atomic E-state index is 0.0181. The molecule has 0 saturated heterocycles. The summed E-state index contributed by atoms with van der Waals surface area (Å²) in [5.74, 6) is 0. The van der Waals surface area contributed by atoms with Crippen molar-refractivity contribution in [3.8, 4) is 0 Å². The van der Waals surface area contributed by atoms with Crippen molar-refractivity contribution in [3.05, 3.63) is 0 Å². The summed E-state index contributed by atoms with van der Waals surface area (Å²) in [4.78, 5) is -1.78. The Bertz CT molecular complexity index is 126. The van der Waals surface area contributed by atoms with Gasteiger partial charge < -0.3 is 0 Å². The van der Waals surface area contributed by atoms with Crippen LogP contribution in [-0.4, -0.2) is 18.0 Å². The fourth-order valence-corrected chi connectivity index (χ4v) is 1.45. The molecule has 0 atom stereocenters. The van der Waals surface area contributed by atoms with Gasteiger partial charge in [0, 0.05) is 21.8 Å². The van der Waals surface area contributed by atoms with Crippen LogP contribution in [-0.2, 0) is 0 Å². The fraction of sp³-hybridized carbons (Fsp3) is 1.00. The van der Waals surface area contributed by atoms with Gasteiger partial charge in [-0.25, -0.2) is 0 Å². The highest BCUT2D eigenvalue weighted by atomic mass is 19.4. The molecule has 0 aliphatic rings. The third-order valence-electron chi connectivity index (χ3n) is 2.43. The quantitative estimate of drug-likeness (QED) is 0.390. The molecule has 0 unspecified atom stereocenters. The molecule has 0 N–H and O–H groups in total. The van der Waals surface area contributed by atoms with Gasteiger partial charge in [-0.3, -0.25) is 0 Å². The highest BCUT2D eigenvalue weighted by Gasteiger charge is 2.27. The zero-order valence-electron chi connectivity index (χ0n) is 9.57. The third kappa shape index (κ3) is 8.42. The van der Waals surface area contributed by atoms with Crippen molar-refractivity contribution in [2.75, 3.05) is 13.1 Å². The van der Waals surface area contributed by atoms with Crippen molar-refractivity contribution in [2.45, 2.75) is 58.8 Å². The molecule has 0 heterocycles. The van der Waals surface area contributed by atoms with Crippen molar-refractivity contribution in [1.82, 2.24) is 0 Å². The lowest BCUT2D eigenvalue weighted by Crippen LogP contribution is -2.32. The van der Waals surface area contributed by atoms with Gasteiger partial charge in [-0.15, -0.1) is 0 Å². The van der Waals surface area contributed by atoms with Gasteiger partial charge in [0.2, 0.25) is 0 Å². The topological polar surface area (TPSA) is 0 Å². The standard InChI is InChI=1S/C11H24F2N/c1-3-5-7-8-9-11-14(12,13)10-6-4-2/h3-11H2,1-2H3/q+1. The second-order valence-corrected chi connectivity index (χ2v) is 3.98. The molecule has 0 aromatic carbocycles. The van der Waals surface area contributed by atoms with Crippen LogP contribution in [0.5, 0.6) is 0 Å². The van der Waals surface area contributed by atoms with Crippen LogP contribution in [0.25, 0.3) is 0 Å². The first-order valence-electron chi connectivity index (χ1n) is 5.88. The molecule has 86 valence electrons. The van der Waals surface area contributed by atoms with Crippen LogP contribution in [0.4, 0.5) is 8.96 Å². The van der Waals surface area contributed by atoms with Gasteiger partial charge in [0.15, 0.2) is 13.1 Å². The van der Waals surface area contributed by atoms with Gasteiger partial charge in [-0.2, -0.15) is 0 Å². The molecule has 0 aromatic rings. The summed E-state index contributed by atoms with van der Waals surface area (Å²) >= 11 is 0. The van der Waals surface area contributed by atoms with Crippen LogP contribution < -0.4 is 0 Å². The molecule has 0 aromatic heterocycles. The summed E-state index contributed by atoms with van der Waals surface area (Å²) < 4.78 is 26.1. The third-order valence-corrected chi connectivity index (χ3v) is 2.43. The van der Waals surface area contributed by atoms with Crippen LogP contribution in [0.2, 0.25) is 0 Å². The van der Waals surface area contributed by atoms with Crippen LogP contribution in [0, 0.1) is 0 Å². The molecule has 0 rings (SSSR count). The molecule has 0 spiro atoms. The molecule has 0 saturated carbocycles. The van der Waals surface area contributed by atoms with Crippen LogP contribution in [0.1, 0.15) is 58.8 Å². The summed E-state index contributed by atoms with van der Waals surface area (Å²) in [7, 11) is 0. The Morgan fingerprint density at radius 3 is 1.79 bits per heavy atom. The molecule has 0 amide bonds. The number of halogens is 2. The van der Waals surface area contributed by atoms with E-state index < -0.39 is 4.93 Å². The Balaban J connectivity index is 3.35. The van der Waals surface area contributed by atoms with Crippen molar-refractivity contribution in [1.29, 1.82) is 0 Å². The monoisotopic (exact) mass is 208 g/mol. The minimum atomic E-state index is -1.78. The number of nitrogens with zero attached hydrogens (tertiary/aromatic N) is 1. The number of hydrogen-bond acceptors (Lipinski definition) is 0. The van der Waals surface area contributed by atoms with Gasteiger partial charge in [-0.1, -0.05) is 39.5 Å². The summed E-state index contributed by atoms with van der Waals surface area (Å²) in [6, 6.07) is 0. The van der Waals surface area contributed by atoms with Gasteiger partial charge in [0.25, 0.3) is 0 Å². The summed E-state index contributed by atoms with van der Waals surface area (Å²) in [5.41, 5.74) is 0.